The predicted octanol–water partition coefficient (Wildman–Crippen LogP) is 3.43. The first kappa shape index (κ1) is 13.5. The van der Waals surface area contributed by atoms with Crippen LogP contribution >= 0.6 is 11.3 Å². The summed E-state index contributed by atoms with van der Waals surface area (Å²) in [6, 6.07) is 4.72. The Bertz CT molecular complexity index is 791. The molecule has 22 heavy (non-hydrogen) atoms. The van der Waals surface area contributed by atoms with Crippen molar-refractivity contribution in [2.75, 3.05) is 5.32 Å². The Balaban J connectivity index is 1.61. The van der Waals surface area contributed by atoms with Crippen molar-refractivity contribution < 1.29 is 0 Å². The SMILES string of the molecule is Cn1cnnc1-c1cncc(NC2CCCc3sccc32)c1. The average Bonchev–Trinajstić information content (AvgIpc) is 3.17. The van der Waals surface area contributed by atoms with Gasteiger partial charge in [-0.25, -0.2) is 0 Å². The van der Waals surface area contributed by atoms with Crippen LogP contribution in [0.4, 0.5) is 5.69 Å². The molecule has 0 bridgehead atoms. The first-order valence-corrected chi connectivity index (χ1v) is 8.31. The molecule has 5 nitrogen and oxygen atoms in total. The Morgan fingerprint density at radius 2 is 2.32 bits per heavy atom. The molecule has 0 spiro atoms. The molecule has 3 aromatic rings. The number of aromatic nitrogens is 4. The number of fused-ring (bicyclic) bond motifs is 1. The fraction of sp³-hybridized carbons (Fsp3) is 0.312. The van der Waals surface area contributed by atoms with Crippen LogP contribution in [0.25, 0.3) is 11.4 Å². The van der Waals surface area contributed by atoms with Crippen LogP contribution in [0.1, 0.15) is 29.3 Å². The second-order valence-electron chi connectivity index (χ2n) is 5.62. The quantitative estimate of drug-likeness (QED) is 0.805. The molecule has 6 heteroatoms. The van der Waals surface area contributed by atoms with Gasteiger partial charge >= 0.3 is 0 Å². The van der Waals surface area contributed by atoms with Gasteiger partial charge in [0.1, 0.15) is 6.33 Å². The normalized spacial score (nSPS) is 17.2. The molecule has 1 unspecified atom stereocenters. The van der Waals surface area contributed by atoms with Gasteiger partial charge in [-0.3, -0.25) is 4.98 Å². The van der Waals surface area contributed by atoms with Gasteiger partial charge in [0.25, 0.3) is 0 Å². The van der Waals surface area contributed by atoms with E-state index < -0.39 is 0 Å². The molecule has 3 heterocycles. The van der Waals surface area contributed by atoms with Crippen LogP contribution in [0.3, 0.4) is 0 Å². The van der Waals surface area contributed by atoms with E-state index in [4.69, 9.17) is 0 Å². The van der Waals surface area contributed by atoms with Crippen LogP contribution in [0.2, 0.25) is 0 Å². The van der Waals surface area contributed by atoms with Gasteiger partial charge < -0.3 is 9.88 Å². The molecule has 1 atom stereocenters. The predicted molar refractivity (Wildman–Crippen MR) is 87.9 cm³/mol. The van der Waals surface area contributed by atoms with Gasteiger partial charge in [-0.15, -0.1) is 21.5 Å². The molecule has 0 fully saturated rings. The smallest absolute Gasteiger partial charge is 0.165 e. The zero-order chi connectivity index (χ0) is 14.9. The molecule has 4 rings (SSSR count). The van der Waals surface area contributed by atoms with Gasteiger partial charge in [-0.1, -0.05) is 0 Å². The van der Waals surface area contributed by atoms with Crippen molar-refractivity contribution in [3.8, 4) is 11.4 Å². The number of hydrogen-bond donors (Lipinski definition) is 1. The largest absolute Gasteiger partial charge is 0.377 e. The summed E-state index contributed by atoms with van der Waals surface area (Å²) in [6.45, 7) is 0. The van der Waals surface area contributed by atoms with Crippen molar-refractivity contribution in [2.24, 2.45) is 7.05 Å². The van der Waals surface area contributed by atoms with Gasteiger partial charge in [0, 0.05) is 29.9 Å². The number of nitrogens with zero attached hydrogens (tertiary/aromatic N) is 4. The number of hydrogen-bond acceptors (Lipinski definition) is 5. The summed E-state index contributed by atoms with van der Waals surface area (Å²) >= 11 is 1.87. The van der Waals surface area contributed by atoms with Crippen LogP contribution in [-0.4, -0.2) is 19.7 Å². The Labute approximate surface area is 133 Å². The van der Waals surface area contributed by atoms with E-state index in [1.807, 2.05) is 35.3 Å². The Kier molecular flexibility index (Phi) is 3.38. The highest BCUT2D eigenvalue weighted by Gasteiger charge is 2.21. The number of anilines is 1. The highest BCUT2D eigenvalue weighted by molar-refractivity contribution is 7.10. The van der Waals surface area contributed by atoms with Gasteiger partial charge in [-0.05, 0) is 42.3 Å². The summed E-state index contributed by atoms with van der Waals surface area (Å²) in [5.41, 5.74) is 3.45. The van der Waals surface area contributed by atoms with E-state index in [1.54, 1.807) is 6.33 Å². The van der Waals surface area contributed by atoms with Crippen molar-refractivity contribution in [1.82, 2.24) is 19.7 Å². The lowest BCUT2D eigenvalue weighted by Crippen LogP contribution is -2.15. The van der Waals surface area contributed by atoms with Crippen LogP contribution in [0.15, 0.2) is 36.2 Å². The van der Waals surface area contributed by atoms with Crippen molar-refractivity contribution in [2.45, 2.75) is 25.3 Å². The molecule has 1 aliphatic rings. The molecule has 0 radical (unpaired) electrons. The first-order valence-electron chi connectivity index (χ1n) is 7.43. The Morgan fingerprint density at radius 1 is 1.36 bits per heavy atom. The second-order valence-corrected chi connectivity index (χ2v) is 6.62. The lowest BCUT2D eigenvalue weighted by molar-refractivity contribution is 0.608. The Morgan fingerprint density at radius 3 is 3.18 bits per heavy atom. The molecule has 0 aliphatic heterocycles. The lowest BCUT2D eigenvalue weighted by Gasteiger charge is -2.24. The molecule has 0 aromatic carbocycles. The van der Waals surface area contributed by atoms with Crippen molar-refractivity contribution in [3.63, 3.8) is 0 Å². The van der Waals surface area contributed by atoms with Gasteiger partial charge in [0.2, 0.25) is 0 Å². The van der Waals surface area contributed by atoms with E-state index in [9.17, 15) is 0 Å². The highest BCUT2D eigenvalue weighted by atomic mass is 32.1. The third kappa shape index (κ3) is 2.39. The number of thiophene rings is 1. The summed E-state index contributed by atoms with van der Waals surface area (Å²) in [4.78, 5) is 5.86. The third-order valence-corrected chi connectivity index (χ3v) is 5.10. The Hall–Kier alpha value is -2.21. The monoisotopic (exact) mass is 311 g/mol. The zero-order valence-electron chi connectivity index (χ0n) is 12.4. The number of nitrogens with one attached hydrogen (secondary N) is 1. The maximum absolute atomic E-state index is 4.35. The maximum Gasteiger partial charge on any atom is 0.165 e. The molecule has 1 N–H and O–H groups in total. The molecule has 0 amide bonds. The van der Waals surface area contributed by atoms with Crippen LogP contribution in [0, 0.1) is 0 Å². The number of rotatable bonds is 3. The van der Waals surface area contributed by atoms with Crippen LogP contribution in [0.5, 0.6) is 0 Å². The molecular formula is C16H17N5S. The van der Waals surface area contributed by atoms with Crippen molar-refractivity contribution >= 4 is 17.0 Å². The summed E-state index contributed by atoms with van der Waals surface area (Å²) in [5.74, 6) is 0.830. The van der Waals surface area contributed by atoms with Gasteiger partial charge in [0.05, 0.1) is 11.7 Å². The summed E-state index contributed by atoms with van der Waals surface area (Å²) in [7, 11) is 1.94. The van der Waals surface area contributed by atoms with E-state index >= 15 is 0 Å². The van der Waals surface area contributed by atoms with E-state index in [0.717, 1.165) is 23.5 Å². The number of pyridine rings is 1. The van der Waals surface area contributed by atoms with Gasteiger partial charge in [-0.2, -0.15) is 0 Å². The maximum atomic E-state index is 4.35. The fourth-order valence-electron chi connectivity index (χ4n) is 3.02. The summed E-state index contributed by atoms with van der Waals surface area (Å²) in [5, 5.41) is 13.9. The molecule has 0 saturated heterocycles. The summed E-state index contributed by atoms with van der Waals surface area (Å²) in [6.07, 6.45) is 9.02. The molecule has 1 aliphatic carbocycles. The molecule has 3 aromatic heterocycles. The van der Waals surface area contributed by atoms with E-state index in [0.29, 0.717) is 6.04 Å². The fourth-order valence-corrected chi connectivity index (χ4v) is 4.01. The minimum absolute atomic E-state index is 0.381. The van der Waals surface area contributed by atoms with Crippen LogP contribution in [-0.2, 0) is 13.5 Å². The molecular weight excluding hydrogens is 294 g/mol. The van der Waals surface area contributed by atoms with Crippen molar-refractivity contribution in [1.29, 1.82) is 0 Å². The first-order chi connectivity index (χ1) is 10.8. The lowest BCUT2D eigenvalue weighted by atomic mass is 9.94. The van der Waals surface area contributed by atoms with Crippen LogP contribution < -0.4 is 5.32 Å². The second kappa shape index (κ2) is 5.53. The van der Waals surface area contributed by atoms with E-state index in [-0.39, 0.29) is 0 Å². The highest BCUT2D eigenvalue weighted by Crippen LogP contribution is 2.35. The average molecular weight is 311 g/mol. The molecule has 0 saturated carbocycles. The topological polar surface area (TPSA) is 55.6 Å². The van der Waals surface area contributed by atoms with E-state index in [1.165, 1.54) is 23.3 Å². The third-order valence-electron chi connectivity index (χ3n) is 4.10. The van der Waals surface area contributed by atoms with Crippen molar-refractivity contribution in [3.05, 3.63) is 46.7 Å². The minimum Gasteiger partial charge on any atom is -0.377 e. The summed E-state index contributed by atoms with van der Waals surface area (Å²) < 4.78 is 1.90. The standard InChI is InChI=1S/C16H17N5S/c1-21-10-18-20-16(21)11-7-12(9-17-8-11)19-14-3-2-4-15-13(14)5-6-22-15/h5-10,14,19H,2-4H2,1H3. The van der Waals surface area contributed by atoms with Gasteiger partial charge in [0.15, 0.2) is 5.82 Å². The minimum atomic E-state index is 0.381. The van der Waals surface area contributed by atoms with E-state index in [2.05, 4.69) is 38.0 Å². The number of aryl methyl sites for hydroxylation is 2. The molecule has 112 valence electrons. The zero-order valence-corrected chi connectivity index (χ0v) is 13.2.